The number of guanidine groups is 1. The molecule has 0 aliphatic carbocycles. The summed E-state index contributed by atoms with van der Waals surface area (Å²) < 4.78 is 0. The van der Waals surface area contributed by atoms with Gasteiger partial charge in [-0.2, -0.15) is 4.99 Å². The Hall–Kier alpha value is -1.08. The summed E-state index contributed by atoms with van der Waals surface area (Å²) in [5.74, 6) is 0.548. The lowest BCUT2D eigenvalue weighted by Gasteiger charge is -1.96. The summed E-state index contributed by atoms with van der Waals surface area (Å²) in [7, 11) is 0. The molecule has 0 aliphatic rings. The van der Waals surface area contributed by atoms with E-state index in [1.54, 1.807) is 11.3 Å². The van der Waals surface area contributed by atoms with Crippen LogP contribution < -0.4 is 11.5 Å². The predicted molar refractivity (Wildman–Crippen MR) is 66.3 cm³/mol. The van der Waals surface area contributed by atoms with Crippen molar-refractivity contribution in [3.05, 3.63) is 16.1 Å². The Morgan fingerprint density at radius 2 is 2.40 bits per heavy atom. The van der Waals surface area contributed by atoms with E-state index in [0.717, 1.165) is 17.1 Å². The molecule has 1 aromatic rings. The van der Waals surface area contributed by atoms with Gasteiger partial charge in [-0.05, 0) is 6.42 Å². The molecule has 1 heterocycles. The van der Waals surface area contributed by atoms with Gasteiger partial charge in [-0.1, -0.05) is 18.7 Å². The SMILES string of the molecule is CCc1nc(CSC(=N)N=C(N)N)cs1. The van der Waals surface area contributed by atoms with E-state index in [1.165, 1.54) is 11.8 Å². The number of hydrogen-bond acceptors (Lipinski definition) is 4. The van der Waals surface area contributed by atoms with E-state index in [-0.39, 0.29) is 11.1 Å². The lowest BCUT2D eigenvalue weighted by molar-refractivity contribution is 1.06. The lowest BCUT2D eigenvalue weighted by Crippen LogP contribution is -2.23. The average molecular weight is 243 g/mol. The Labute approximate surface area is 96.5 Å². The van der Waals surface area contributed by atoms with E-state index < -0.39 is 0 Å². The summed E-state index contributed by atoms with van der Waals surface area (Å²) in [4.78, 5) is 7.98. The number of amidine groups is 1. The van der Waals surface area contributed by atoms with Crippen molar-refractivity contribution >= 4 is 34.2 Å². The minimum Gasteiger partial charge on any atom is -0.370 e. The highest BCUT2D eigenvalue weighted by Gasteiger charge is 2.02. The van der Waals surface area contributed by atoms with Crippen LogP contribution in [0.5, 0.6) is 0 Å². The number of aryl methyl sites for hydroxylation is 1. The number of nitrogens with one attached hydrogen (secondary N) is 1. The van der Waals surface area contributed by atoms with Gasteiger partial charge in [0.25, 0.3) is 0 Å². The summed E-state index contributed by atoms with van der Waals surface area (Å²) in [6.07, 6.45) is 0.945. The number of rotatable bonds is 3. The zero-order valence-corrected chi connectivity index (χ0v) is 9.99. The molecule has 0 spiro atoms. The van der Waals surface area contributed by atoms with Crippen LogP contribution in [0.2, 0.25) is 0 Å². The van der Waals surface area contributed by atoms with E-state index in [0.29, 0.717) is 5.75 Å². The van der Waals surface area contributed by atoms with Crippen LogP contribution in [-0.2, 0) is 12.2 Å². The molecule has 1 rings (SSSR count). The molecule has 0 fully saturated rings. The number of aromatic nitrogens is 1. The Balaban J connectivity index is 2.43. The molecule has 82 valence electrons. The minimum atomic E-state index is -0.0833. The first kappa shape index (κ1) is 12.0. The quantitative estimate of drug-likeness (QED) is 0.547. The second-order valence-electron chi connectivity index (χ2n) is 2.72. The highest BCUT2D eigenvalue weighted by Crippen LogP contribution is 2.16. The van der Waals surface area contributed by atoms with E-state index in [2.05, 4.69) is 16.9 Å². The van der Waals surface area contributed by atoms with Crippen molar-refractivity contribution in [2.45, 2.75) is 19.1 Å². The first-order valence-corrected chi connectivity index (χ1v) is 6.22. The molecule has 0 radical (unpaired) electrons. The van der Waals surface area contributed by atoms with Crippen LogP contribution >= 0.6 is 23.1 Å². The number of thiazole rings is 1. The van der Waals surface area contributed by atoms with E-state index in [1.807, 2.05) is 5.38 Å². The Bertz CT molecular complexity index is 367. The topological polar surface area (TPSA) is 101 Å². The second-order valence-corrected chi connectivity index (χ2v) is 4.62. The summed E-state index contributed by atoms with van der Waals surface area (Å²) in [6.45, 7) is 2.07. The molecule has 1 aromatic heterocycles. The molecule has 0 saturated heterocycles. The molecular formula is C8H13N5S2. The fourth-order valence-corrected chi connectivity index (χ4v) is 2.32. The Morgan fingerprint density at radius 1 is 1.67 bits per heavy atom. The zero-order chi connectivity index (χ0) is 11.3. The zero-order valence-electron chi connectivity index (χ0n) is 8.36. The summed E-state index contributed by atoms with van der Waals surface area (Å²) in [5, 5.41) is 10.6. The maximum absolute atomic E-state index is 7.41. The number of nitrogens with two attached hydrogens (primary N) is 2. The molecule has 0 atom stereocenters. The summed E-state index contributed by atoms with van der Waals surface area (Å²) in [5.41, 5.74) is 11.3. The van der Waals surface area contributed by atoms with Gasteiger partial charge >= 0.3 is 0 Å². The summed E-state index contributed by atoms with van der Waals surface area (Å²) >= 11 is 2.90. The van der Waals surface area contributed by atoms with Gasteiger partial charge in [-0.25, -0.2) is 4.98 Å². The van der Waals surface area contributed by atoms with Gasteiger partial charge in [0.1, 0.15) is 0 Å². The van der Waals surface area contributed by atoms with E-state index in [9.17, 15) is 0 Å². The largest absolute Gasteiger partial charge is 0.370 e. The Morgan fingerprint density at radius 3 is 2.93 bits per heavy atom. The molecule has 0 unspecified atom stereocenters. The van der Waals surface area contributed by atoms with Gasteiger partial charge in [0.15, 0.2) is 11.1 Å². The lowest BCUT2D eigenvalue weighted by atomic mass is 10.5. The van der Waals surface area contributed by atoms with Crippen molar-refractivity contribution in [3.63, 3.8) is 0 Å². The molecule has 0 saturated carbocycles. The predicted octanol–water partition coefficient (Wildman–Crippen LogP) is 1.15. The van der Waals surface area contributed by atoms with Gasteiger partial charge < -0.3 is 11.5 Å². The highest BCUT2D eigenvalue weighted by molar-refractivity contribution is 8.13. The molecular weight excluding hydrogens is 230 g/mol. The van der Waals surface area contributed by atoms with Crippen LogP contribution in [0, 0.1) is 5.41 Å². The maximum atomic E-state index is 7.41. The fraction of sp³-hybridized carbons (Fsp3) is 0.375. The van der Waals surface area contributed by atoms with Gasteiger partial charge in [-0.15, -0.1) is 11.3 Å². The van der Waals surface area contributed by atoms with Crippen LogP contribution in [0.4, 0.5) is 0 Å². The van der Waals surface area contributed by atoms with Crippen molar-refractivity contribution in [1.29, 1.82) is 5.41 Å². The maximum Gasteiger partial charge on any atom is 0.193 e. The fourth-order valence-electron chi connectivity index (χ4n) is 0.869. The number of nitrogens with zero attached hydrogens (tertiary/aromatic N) is 2. The van der Waals surface area contributed by atoms with Crippen molar-refractivity contribution in [1.82, 2.24) is 4.98 Å². The second kappa shape index (κ2) is 5.72. The molecule has 5 nitrogen and oxygen atoms in total. The number of hydrogen-bond donors (Lipinski definition) is 3. The van der Waals surface area contributed by atoms with Crippen molar-refractivity contribution in [2.75, 3.05) is 0 Å². The van der Waals surface area contributed by atoms with E-state index >= 15 is 0 Å². The van der Waals surface area contributed by atoms with Crippen LogP contribution in [0.25, 0.3) is 0 Å². The number of aliphatic imine (C=N–C) groups is 1. The standard InChI is InChI=1S/C8H13N5S2/c1-2-6-12-5(3-14-6)4-15-8(11)13-7(9)10/h3H,2,4H2,1H3,(H5,9,10,11,13). The normalized spacial score (nSPS) is 9.93. The van der Waals surface area contributed by atoms with Crippen LogP contribution in [0.1, 0.15) is 17.6 Å². The Kier molecular flexibility index (Phi) is 4.57. The third kappa shape index (κ3) is 4.30. The van der Waals surface area contributed by atoms with Gasteiger partial charge in [-0.3, -0.25) is 5.41 Å². The smallest absolute Gasteiger partial charge is 0.193 e. The van der Waals surface area contributed by atoms with Crippen molar-refractivity contribution in [3.8, 4) is 0 Å². The molecule has 5 N–H and O–H groups in total. The van der Waals surface area contributed by atoms with E-state index in [4.69, 9.17) is 16.9 Å². The molecule has 7 heteroatoms. The van der Waals surface area contributed by atoms with Gasteiger partial charge in [0, 0.05) is 11.1 Å². The van der Waals surface area contributed by atoms with Crippen molar-refractivity contribution < 1.29 is 0 Å². The molecule has 0 aliphatic heterocycles. The average Bonchev–Trinajstić information content (AvgIpc) is 2.61. The van der Waals surface area contributed by atoms with Crippen molar-refractivity contribution in [2.24, 2.45) is 16.5 Å². The number of thioether (sulfide) groups is 1. The molecule has 0 aromatic carbocycles. The van der Waals surface area contributed by atoms with Gasteiger partial charge in [0.05, 0.1) is 10.7 Å². The van der Waals surface area contributed by atoms with Crippen LogP contribution in [0.15, 0.2) is 10.4 Å². The third-order valence-corrected chi connectivity index (χ3v) is 3.34. The van der Waals surface area contributed by atoms with Gasteiger partial charge in [0.2, 0.25) is 0 Å². The van der Waals surface area contributed by atoms with Crippen LogP contribution in [-0.4, -0.2) is 16.1 Å². The summed E-state index contributed by atoms with van der Waals surface area (Å²) in [6, 6.07) is 0. The van der Waals surface area contributed by atoms with Crippen LogP contribution in [0.3, 0.4) is 0 Å². The molecule has 0 amide bonds. The monoisotopic (exact) mass is 243 g/mol. The molecule has 15 heavy (non-hydrogen) atoms. The third-order valence-electron chi connectivity index (χ3n) is 1.49. The minimum absolute atomic E-state index is 0.0833. The first-order chi connectivity index (χ1) is 7.11. The molecule has 0 bridgehead atoms. The highest BCUT2D eigenvalue weighted by atomic mass is 32.2. The first-order valence-electron chi connectivity index (χ1n) is 4.36.